The third-order valence-corrected chi connectivity index (χ3v) is 3.21. The molecular formula is C13H27NO5. The first kappa shape index (κ1) is 16.8. The van der Waals surface area contributed by atoms with Gasteiger partial charge < -0.3 is 29.3 Å². The van der Waals surface area contributed by atoms with Crippen LogP contribution in [0.3, 0.4) is 0 Å². The molecule has 6 nitrogen and oxygen atoms in total. The van der Waals surface area contributed by atoms with E-state index in [1.54, 1.807) is 0 Å². The third-order valence-electron chi connectivity index (χ3n) is 3.21. The minimum absolute atomic E-state index is 0.230. The highest BCUT2D eigenvalue weighted by atomic mass is 16.6. The SMILES string of the molecule is OCOCC(COCO)OCCCCN1CCCC1. The number of unbranched alkanes of at least 4 members (excludes halogenated alkanes) is 1. The van der Waals surface area contributed by atoms with E-state index in [9.17, 15) is 0 Å². The second kappa shape index (κ2) is 11.6. The van der Waals surface area contributed by atoms with Crippen molar-refractivity contribution in [1.29, 1.82) is 0 Å². The fraction of sp³-hybridized carbons (Fsp3) is 1.00. The predicted octanol–water partition coefficient (Wildman–Crippen LogP) is 0.180. The lowest BCUT2D eigenvalue weighted by Crippen LogP contribution is -2.27. The molecule has 0 spiro atoms. The molecular weight excluding hydrogens is 250 g/mol. The van der Waals surface area contributed by atoms with Crippen LogP contribution in [-0.4, -0.2) is 74.3 Å². The zero-order valence-electron chi connectivity index (χ0n) is 11.6. The van der Waals surface area contributed by atoms with E-state index in [0.717, 1.165) is 19.4 Å². The van der Waals surface area contributed by atoms with E-state index in [1.165, 1.54) is 25.9 Å². The van der Waals surface area contributed by atoms with Crippen LogP contribution < -0.4 is 0 Å². The minimum atomic E-state index is -0.325. The molecule has 0 bridgehead atoms. The average molecular weight is 277 g/mol. The van der Waals surface area contributed by atoms with Crippen LogP contribution in [-0.2, 0) is 14.2 Å². The van der Waals surface area contributed by atoms with Crippen molar-refractivity contribution in [2.45, 2.75) is 31.8 Å². The standard InChI is InChI=1S/C13H27NO5/c15-11-17-9-13(10-18-12-16)19-8-4-3-7-14-5-1-2-6-14/h13,15-16H,1-12H2. The molecule has 1 rings (SSSR count). The molecule has 1 heterocycles. The second-order valence-corrected chi connectivity index (χ2v) is 4.75. The average Bonchev–Trinajstić information content (AvgIpc) is 2.93. The Kier molecular flexibility index (Phi) is 10.2. The summed E-state index contributed by atoms with van der Waals surface area (Å²) in [5.41, 5.74) is 0. The summed E-state index contributed by atoms with van der Waals surface area (Å²) in [5.74, 6) is 0. The molecule has 0 saturated carbocycles. The largest absolute Gasteiger partial charge is 0.373 e. The molecule has 19 heavy (non-hydrogen) atoms. The molecule has 6 heteroatoms. The Morgan fingerprint density at radius 1 is 0.947 bits per heavy atom. The molecule has 0 aromatic heterocycles. The maximum atomic E-state index is 8.60. The molecule has 0 aliphatic carbocycles. The van der Waals surface area contributed by atoms with E-state index >= 15 is 0 Å². The van der Waals surface area contributed by atoms with Crippen LogP contribution in [0.1, 0.15) is 25.7 Å². The van der Waals surface area contributed by atoms with E-state index in [1.807, 2.05) is 0 Å². The van der Waals surface area contributed by atoms with Crippen LogP contribution in [0.5, 0.6) is 0 Å². The van der Waals surface area contributed by atoms with Gasteiger partial charge in [-0.2, -0.15) is 0 Å². The Morgan fingerprint density at radius 3 is 2.16 bits per heavy atom. The van der Waals surface area contributed by atoms with Gasteiger partial charge in [-0.1, -0.05) is 0 Å². The minimum Gasteiger partial charge on any atom is -0.373 e. The molecule has 114 valence electrons. The highest BCUT2D eigenvalue weighted by molar-refractivity contribution is 4.65. The summed E-state index contributed by atoms with van der Waals surface area (Å²) in [7, 11) is 0. The summed E-state index contributed by atoms with van der Waals surface area (Å²) in [6.07, 6.45) is 4.57. The van der Waals surface area contributed by atoms with Gasteiger partial charge in [0.05, 0.1) is 13.2 Å². The molecule has 0 unspecified atom stereocenters. The predicted molar refractivity (Wildman–Crippen MR) is 70.7 cm³/mol. The summed E-state index contributed by atoms with van der Waals surface area (Å²) in [6, 6.07) is 0. The number of ether oxygens (including phenoxy) is 3. The topological polar surface area (TPSA) is 71.4 Å². The van der Waals surface area contributed by atoms with Gasteiger partial charge in [-0.3, -0.25) is 0 Å². The van der Waals surface area contributed by atoms with Crippen molar-refractivity contribution < 1.29 is 24.4 Å². The van der Waals surface area contributed by atoms with Crippen molar-refractivity contribution in [3.63, 3.8) is 0 Å². The number of nitrogens with zero attached hydrogens (tertiary/aromatic N) is 1. The van der Waals surface area contributed by atoms with Gasteiger partial charge in [0.15, 0.2) is 0 Å². The summed E-state index contributed by atoms with van der Waals surface area (Å²) >= 11 is 0. The summed E-state index contributed by atoms with van der Waals surface area (Å²) < 4.78 is 15.4. The number of hydrogen-bond donors (Lipinski definition) is 2. The van der Waals surface area contributed by atoms with Gasteiger partial charge >= 0.3 is 0 Å². The van der Waals surface area contributed by atoms with Crippen molar-refractivity contribution in [2.24, 2.45) is 0 Å². The lowest BCUT2D eigenvalue weighted by atomic mass is 10.3. The first-order valence-corrected chi connectivity index (χ1v) is 7.08. The Hall–Kier alpha value is -0.240. The zero-order valence-corrected chi connectivity index (χ0v) is 11.6. The highest BCUT2D eigenvalue weighted by Crippen LogP contribution is 2.08. The highest BCUT2D eigenvalue weighted by Gasteiger charge is 2.12. The molecule has 0 radical (unpaired) electrons. The molecule has 1 fully saturated rings. The normalized spacial score (nSPS) is 16.6. The monoisotopic (exact) mass is 277 g/mol. The van der Waals surface area contributed by atoms with E-state index in [0.29, 0.717) is 6.61 Å². The van der Waals surface area contributed by atoms with Crippen molar-refractivity contribution in [2.75, 3.05) is 53.0 Å². The number of hydrogen-bond acceptors (Lipinski definition) is 6. The van der Waals surface area contributed by atoms with Gasteiger partial charge in [-0.05, 0) is 45.3 Å². The van der Waals surface area contributed by atoms with Crippen molar-refractivity contribution in [1.82, 2.24) is 4.90 Å². The first-order chi connectivity index (χ1) is 9.36. The maximum absolute atomic E-state index is 8.60. The van der Waals surface area contributed by atoms with Gasteiger partial charge in [0.1, 0.15) is 19.7 Å². The molecule has 0 aromatic carbocycles. The Labute approximate surface area is 115 Å². The zero-order chi connectivity index (χ0) is 13.8. The van der Waals surface area contributed by atoms with E-state index in [2.05, 4.69) is 4.90 Å². The molecule has 1 aliphatic rings. The fourth-order valence-electron chi connectivity index (χ4n) is 2.21. The van der Waals surface area contributed by atoms with E-state index in [-0.39, 0.29) is 32.9 Å². The van der Waals surface area contributed by atoms with Crippen LogP contribution in [0.25, 0.3) is 0 Å². The molecule has 0 aromatic rings. The van der Waals surface area contributed by atoms with Gasteiger partial charge in [0.2, 0.25) is 0 Å². The molecule has 0 amide bonds. The first-order valence-electron chi connectivity index (χ1n) is 7.08. The van der Waals surface area contributed by atoms with Crippen LogP contribution in [0.2, 0.25) is 0 Å². The summed E-state index contributed by atoms with van der Waals surface area (Å²) in [6.45, 7) is 4.18. The van der Waals surface area contributed by atoms with E-state index < -0.39 is 0 Å². The summed E-state index contributed by atoms with van der Waals surface area (Å²) in [4.78, 5) is 2.49. The number of aliphatic hydroxyl groups is 2. The number of aliphatic hydroxyl groups excluding tert-OH is 2. The van der Waals surface area contributed by atoms with E-state index in [4.69, 9.17) is 24.4 Å². The van der Waals surface area contributed by atoms with Crippen LogP contribution >= 0.6 is 0 Å². The van der Waals surface area contributed by atoms with Gasteiger partial charge in [0.25, 0.3) is 0 Å². The lowest BCUT2D eigenvalue weighted by molar-refractivity contribution is -0.108. The van der Waals surface area contributed by atoms with Gasteiger partial charge in [-0.15, -0.1) is 0 Å². The van der Waals surface area contributed by atoms with Gasteiger partial charge in [-0.25, -0.2) is 0 Å². The number of likely N-dealkylation sites (tertiary alicyclic amines) is 1. The number of rotatable bonds is 12. The van der Waals surface area contributed by atoms with Crippen molar-refractivity contribution >= 4 is 0 Å². The smallest absolute Gasteiger partial charge is 0.143 e. The van der Waals surface area contributed by atoms with Gasteiger partial charge in [0, 0.05) is 6.61 Å². The van der Waals surface area contributed by atoms with Crippen LogP contribution in [0, 0.1) is 0 Å². The van der Waals surface area contributed by atoms with Crippen LogP contribution in [0.4, 0.5) is 0 Å². The quantitative estimate of drug-likeness (QED) is 0.392. The lowest BCUT2D eigenvalue weighted by Gasteiger charge is -2.18. The maximum Gasteiger partial charge on any atom is 0.143 e. The van der Waals surface area contributed by atoms with Crippen molar-refractivity contribution in [3.05, 3.63) is 0 Å². The fourth-order valence-corrected chi connectivity index (χ4v) is 2.21. The summed E-state index contributed by atoms with van der Waals surface area (Å²) in [5, 5.41) is 17.2. The third kappa shape index (κ3) is 8.52. The van der Waals surface area contributed by atoms with Crippen LogP contribution in [0.15, 0.2) is 0 Å². The molecule has 1 saturated heterocycles. The Morgan fingerprint density at radius 2 is 1.58 bits per heavy atom. The second-order valence-electron chi connectivity index (χ2n) is 4.75. The molecule has 1 aliphatic heterocycles. The Bertz CT molecular complexity index is 191. The molecule has 0 atom stereocenters. The molecule has 2 N–H and O–H groups in total. The Balaban J connectivity index is 1.98. The van der Waals surface area contributed by atoms with Crippen molar-refractivity contribution in [3.8, 4) is 0 Å².